The molecule has 0 fully saturated rings. The predicted molar refractivity (Wildman–Crippen MR) is 110 cm³/mol. The van der Waals surface area contributed by atoms with Crippen LogP contribution in [0.4, 0.5) is 0 Å². The molecule has 2 aromatic rings. The summed E-state index contributed by atoms with van der Waals surface area (Å²) in [5.41, 5.74) is 6.91. The second-order valence-electron chi connectivity index (χ2n) is 6.45. The summed E-state index contributed by atoms with van der Waals surface area (Å²) in [6.45, 7) is 6.56. The Hall–Kier alpha value is -1.21. The van der Waals surface area contributed by atoms with E-state index in [1.54, 1.807) is 0 Å². The van der Waals surface area contributed by atoms with E-state index >= 15 is 0 Å². The first-order valence-electron chi connectivity index (χ1n) is 9.64. The van der Waals surface area contributed by atoms with Crippen molar-refractivity contribution < 1.29 is 25.8 Å². The molecule has 136 valence electrons. The van der Waals surface area contributed by atoms with Gasteiger partial charge in [-0.05, 0) is 6.42 Å². The molecule has 0 spiro atoms. The molecule has 26 heavy (non-hydrogen) atoms. The van der Waals surface area contributed by atoms with Crippen LogP contribution in [0.25, 0.3) is 11.1 Å². The standard InChI is InChI=1S/C13H9.C8H11.C4H10.Hf/c1-3-7-12-10(5-1)9-11-6-2-4-8-13(11)12;1-2-5-8-6-3-4-7-8;1-3-4-2;/h1-5,7-8H,9H2;3,6H,2,4-5H2,1H3;3-4H2,1-2H3;/q2*-1;;. The number of allylic oxidation sites excluding steroid dienone is 4. The molecule has 2 aromatic carbocycles. The maximum Gasteiger partial charge on any atom is 0 e. The van der Waals surface area contributed by atoms with Crippen LogP contribution < -0.4 is 0 Å². The van der Waals surface area contributed by atoms with Crippen LogP contribution in [0.2, 0.25) is 0 Å². The van der Waals surface area contributed by atoms with Crippen LogP contribution in [-0.4, -0.2) is 0 Å². The molecular formula is C25H30Hf-2. The molecule has 2 aliphatic carbocycles. The van der Waals surface area contributed by atoms with E-state index in [0.717, 1.165) is 12.8 Å². The Labute approximate surface area is 179 Å². The van der Waals surface area contributed by atoms with Crippen molar-refractivity contribution in [2.24, 2.45) is 0 Å². The molecule has 0 aromatic heterocycles. The zero-order valence-electron chi connectivity index (χ0n) is 16.4. The molecule has 0 saturated carbocycles. The van der Waals surface area contributed by atoms with E-state index in [1.807, 2.05) is 6.07 Å². The van der Waals surface area contributed by atoms with Crippen LogP contribution in [0.3, 0.4) is 0 Å². The third-order valence-electron chi connectivity index (χ3n) is 4.40. The molecule has 0 atom stereocenters. The first-order valence-corrected chi connectivity index (χ1v) is 9.64. The van der Waals surface area contributed by atoms with Crippen molar-refractivity contribution in [3.63, 3.8) is 0 Å². The van der Waals surface area contributed by atoms with E-state index < -0.39 is 0 Å². The van der Waals surface area contributed by atoms with Crippen molar-refractivity contribution >= 4 is 0 Å². The third kappa shape index (κ3) is 6.83. The van der Waals surface area contributed by atoms with Gasteiger partial charge in [0.25, 0.3) is 0 Å². The summed E-state index contributed by atoms with van der Waals surface area (Å²) < 4.78 is 0. The van der Waals surface area contributed by atoms with Gasteiger partial charge in [0.2, 0.25) is 0 Å². The summed E-state index contributed by atoms with van der Waals surface area (Å²) in [4.78, 5) is 0. The SMILES string of the molecule is CCCC.CCCC1=[C-]CC=C1.[Hf].[c-]1cccc2c1Cc1ccccc1-2. The Kier molecular flexibility index (Phi) is 11.4. The van der Waals surface area contributed by atoms with Crippen LogP contribution in [-0.2, 0) is 32.3 Å². The Morgan fingerprint density at radius 1 is 0.885 bits per heavy atom. The molecule has 0 amide bonds. The number of unbranched alkanes of at least 4 members (excludes halogenated alkanes) is 1. The molecule has 2 aliphatic rings. The van der Waals surface area contributed by atoms with Gasteiger partial charge >= 0.3 is 0 Å². The minimum atomic E-state index is 0. The Morgan fingerprint density at radius 3 is 2.27 bits per heavy atom. The van der Waals surface area contributed by atoms with E-state index in [2.05, 4.69) is 81.5 Å². The van der Waals surface area contributed by atoms with Gasteiger partial charge < -0.3 is 0 Å². The van der Waals surface area contributed by atoms with Gasteiger partial charge in [-0.15, -0.1) is 12.0 Å². The van der Waals surface area contributed by atoms with Gasteiger partial charge in [-0.1, -0.05) is 81.8 Å². The zero-order chi connectivity index (χ0) is 17.9. The summed E-state index contributed by atoms with van der Waals surface area (Å²) in [5.74, 6) is 0. The third-order valence-corrected chi connectivity index (χ3v) is 4.40. The first-order chi connectivity index (χ1) is 12.3. The average molecular weight is 509 g/mol. The molecule has 0 saturated heterocycles. The van der Waals surface area contributed by atoms with Crippen LogP contribution in [0.5, 0.6) is 0 Å². The molecular weight excluding hydrogens is 479 g/mol. The monoisotopic (exact) mass is 510 g/mol. The summed E-state index contributed by atoms with van der Waals surface area (Å²) in [7, 11) is 0. The largest absolute Gasteiger partial charge is 0.269 e. The van der Waals surface area contributed by atoms with Crippen molar-refractivity contribution in [3.8, 4) is 11.1 Å². The molecule has 0 heterocycles. The molecule has 0 unspecified atom stereocenters. The number of hydrogen-bond donors (Lipinski definition) is 0. The molecule has 0 aliphatic heterocycles. The summed E-state index contributed by atoms with van der Waals surface area (Å²) >= 11 is 0. The van der Waals surface area contributed by atoms with Crippen LogP contribution in [0, 0.1) is 12.1 Å². The molecule has 1 heteroatoms. The minimum absolute atomic E-state index is 0. The number of benzene rings is 2. The summed E-state index contributed by atoms with van der Waals surface area (Å²) in [5, 5.41) is 0. The van der Waals surface area contributed by atoms with Crippen LogP contribution >= 0.6 is 0 Å². The average Bonchev–Trinajstić information content (AvgIpc) is 3.30. The number of hydrogen-bond acceptors (Lipinski definition) is 0. The Balaban J connectivity index is 0.000000226. The van der Waals surface area contributed by atoms with E-state index in [9.17, 15) is 0 Å². The summed E-state index contributed by atoms with van der Waals surface area (Å²) in [6, 6.07) is 18.1. The second kappa shape index (κ2) is 13.0. The first kappa shape index (κ1) is 22.8. The van der Waals surface area contributed by atoms with Crippen molar-refractivity contribution in [1.82, 2.24) is 0 Å². The minimum Gasteiger partial charge on any atom is -0.269 e. The number of rotatable bonds is 3. The van der Waals surface area contributed by atoms with Gasteiger partial charge in [-0.3, -0.25) is 6.08 Å². The maximum atomic E-state index is 3.30. The fourth-order valence-electron chi connectivity index (χ4n) is 2.89. The van der Waals surface area contributed by atoms with Crippen LogP contribution in [0.15, 0.2) is 60.2 Å². The molecule has 0 nitrogen and oxygen atoms in total. The van der Waals surface area contributed by atoms with E-state index in [0.29, 0.717) is 0 Å². The van der Waals surface area contributed by atoms with E-state index in [-0.39, 0.29) is 25.8 Å². The molecule has 4 rings (SSSR count). The van der Waals surface area contributed by atoms with Gasteiger partial charge in [-0.2, -0.15) is 35.9 Å². The fourth-order valence-corrected chi connectivity index (χ4v) is 2.89. The molecule has 0 bridgehead atoms. The fraction of sp³-hybridized carbons (Fsp3) is 0.360. The second-order valence-corrected chi connectivity index (χ2v) is 6.45. The van der Waals surface area contributed by atoms with Gasteiger partial charge in [0.15, 0.2) is 0 Å². The van der Waals surface area contributed by atoms with Gasteiger partial charge in [0.05, 0.1) is 0 Å². The normalized spacial score (nSPS) is 12.5. The quantitative estimate of drug-likeness (QED) is 0.256. The molecule has 0 N–H and O–H groups in total. The number of fused-ring (bicyclic) bond motifs is 3. The van der Waals surface area contributed by atoms with Crippen molar-refractivity contribution in [3.05, 3.63) is 83.5 Å². The van der Waals surface area contributed by atoms with Crippen molar-refractivity contribution in [2.45, 2.75) is 59.3 Å². The topological polar surface area (TPSA) is 0 Å². The van der Waals surface area contributed by atoms with E-state index in [4.69, 9.17) is 0 Å². The van der Waals surface area contributed by atoms with Gasteiger partial charge in [0.1, 0.15) is 0 Å². The van der Waals surface area contributed by atoms with Crippen molar-refractivity contribution in [2.75, 3.05) is 0 Å². The Bertz CT molecular complexity index is 664. The van der Waals surface area contributed by atoms with Crippen molar-refractivity contribution in [1.29, 1.82) is 0 Å². The smallest absolute Gasteiger partial charge is 0 e. The molecule has 0 radical (unpaired) electrons. The van der Waals surface area contributed by atoms with E-state index in [1.165, 1.54) is 53.5 Å². The zero-order valence-corrected chi connectivity index (χ0v) is 20.0. The maximum absolute atomic E-state index is 3.30. The Morgan fingerprint density at radius 2 is 1.62 bits per heavy atom. The van der Waals surface area contributed by atoms with Gasteiger partial charge in [0, 0.05) is 25.8 Å². The van der Waals surface area contributed by atoms with Gasteiger partial charge in [-0.25, -0.2) is 11.6 Å². The summed E-state index contributed by atoms with van der Waals surface area (Å²) in [6.07, 6.45) is 14.8. The van der Waals surface area contributed by atoms with Crippen LogP contribution in [0.1, 0.15) is 64.0 Å². The predicted octanol–water partition coefficient (Wildman–Crippen LogP) is 7.34.